The van der Waals surface area contributed by atoms with Gasteiger partial charge in [0, 0.05) is 12.5 Å². The number of aromatic amines is 1. The van der Waals surface area contributed by atoms with Crippen LogP contribution in [0.3, 0.4) is 0 Å². The van der Waals surface area contributed by atoms with Gasteiger partial charge in [-0.2, -0.15) is 5.26 Å². The molecule has 1 aliphatic heterocycles. The molecule has 0 aliphatic carbocycles. The Morgan fingerprint density at radius 1 is 1.35 bits per heavy atom. The molecule has 0 radical (unpaired) electrons. The summed E-state index contributed by atoms with van der Waals surface area (Å²) in [5.41, 5.74) is 3.39. The molecule has 0 fully saturated rings. The lowest BCUT2D eigenvalue weighted by Gasteiger charge is -2.27. The molecule has 26 heavy (non-hydrogen) atoms. The van der Waals surface area contributed by atoms with Crippen molar-refractivity contribution in [1.82, 2.24) is 15.3 Å². The number of fused-ring (bicyclic) bond motifs is 2. The van der Waals surface area contributed by atoms with Crippen LogP contribution in [-0.2, 0) is 12.8 Å². The molecule has 1 aliphatic rings. The number of hydrogen-bond donors (Lipinski definition) is 2. The zero-order valence-electron chi connectivity index (χ0n) is 14.4. The Balaban J connectivity index is 1.71. The van der Waals surface area contributed by atoms with Crippen molar-refractivity contribution < 1.29 is 4.74 Å². The summed E-state index contributed by atoms with van der Waals surface area (Å²) < 4.78 is 5.17. The maximum atomic E-state index is 12.4. The van der Waals surface area contributed by atoms with Crippen LogP contribution in [0.4, 0.5) is 0 Å². The fourth-order valence-electron chi connectivity index (χ4n) is 3.56. The number of nitrogens with zero attached hydrogens (tertiary/aromatic N) is 2. The smallest absolute Gasteiger partial charge is 0.258 e. The van der Waals surface area contributed by atoms with Crippen LogP contribution in [0.15, 0.2) is 41.2 Å². The molecule has 0 bridgehead atoms. The molecule has 3 aromatic rings. The summed E-state index contributed by atoms with van der Waals surface area (Å²) in [6.45, 7) is 0.797. The maximum Gasteiger partial charge on any atom is 0.258 e. The van der Waals surface area contributed by atoms with Crippen LogP contribution in [-0.4, -0.2) is 23.6 Å². The van der Waals surface area contributed by atoms with Gasteiger partial charge in [0.25, 0.3) is 5.56 Å². The quantitative estimate of drug-likeness (QED) is 0.759. The van der Waals surface area contributed by atoms with E-state index in [1.54, 1.807) is 25.3 Å². The number of aromatic nitrogens is 2. The van der Waals surface area contributed by atoms with Crippen molar-refractivity contribution in [2.24, 2.45) is 0 Å². The maximum absolute atomic E-state index is 12.4. The predicted octanol–water partition coefficient (Wildman–Crippen LogP) is 2.23. The Kier molecular flexibility index (Phi) is 4.15. The van der Waals surface area contributed by atoms with Gasteiger partial charge in [0.15, 0.2) is 0 Å². The standard InChI is InChI=1S/C20H18N4O2/c1-26-13-5-6-17-16(9-13)20(25)24-19(23-17)10-18-15-4-2-3-12(11-21)14(15)7-8-22-18/h2-6,9,18,22H,7-8,10H2,1H3,(H,23,24,25). The molecule has 2 aromatic carbocycles. The van der Waals surface area contributed by atoms with Crippen LogP contribution in [0.5, 0.6) is 5.75 Å². The van der Waals surface area contributed by atoms with Crippen molar-refractivity contribution in [3.8, 4) is 11.8 Å². The first kappa shape index (κ1) is 16.3. The third-order valence-corrected chi connectivity index (χ3v) is 4.83. The molecular formula is C20H18N4O2. The van der Waals surface area contributed by atoms with E-state index in [1.807, 2.05) is 18.2 Å². The average Bonchev–Trinajstić information content (AvgIpc) is 2.67. The largest absolute Gasteiger partial charge is 0.497 e. The van der Waals surface area contributed by atoms with Crippen LogP contribution in [0, 0.1) is 11.3 Å². The third-order valence-electron chi connectivity index (χ3n) is 4.83. The highest BCUT2D eigenvalue weighted by molar-refractivity contribution is 5.79. The number of methoxy groups -OCH3 is 1. The van der Waals surface area contributed by atoms with Gasteiger partial charge >= 0.3 is 0 Å². The number of nitrogens with one attached hydrogen (secondary N) is 2. The lowest BCUT2D eigenvalue weighted by Crippen LogP contribution is -2.32. The first-order valence-corrected chi connectivity index (χ1v) is 8.52. The van der Waals surface area contributed by atoms with E-state index in [2.05, 4.69) is 21.4 Å². The lowest BCUT2D eigenvalue weighted by molar-refractivity contribution is 0.415. The van der Waals surface area contributed by atoms with Crippen LogP contribution in [0.1, 0.15) is 28.6 Å². The molecule has 6 heteroatoms. The molecule has 2 heterocycles. The molecule has 1 unspecified atom stereocenters. The Bertz CT molecular complexity index is 1080. The topological polar surface area (TPSA) is 90.8 Å². The third kappa shape index (κ3) is 2.83. The van der Waals surface area contributed by atoms with Gasteiger partial charge < -0.3 is 15.0 Å². The first-order chi connectivity index (χ1) is 12.7. The SMILES string of the molecule is COc1ccc2nc(CC3NCCc4c(C#N)cccc43)[nH]c(=O)c2c1. The zero-order valence-corrected chi connectivity index (χ0v) is 14.4. The summed E-state index contributed by atoms with van der Waals surface area (Å²) >= 11 is 0. The van der Waals surface area contributed by atoms with E-state index in [9.17, 15) is 10.1 Å². The van der Waals surface area contributed by atoms with Gasteiger partial charge in [-0.1, -0.05) is 12.1 Å². The summed E-state index contributed by atoms with van der Waals surface area (Å²) in [5.74, 6) is 1.25. The molecular weight excluding hydrogens is 328 g/mol. The molecule has 130 valence electrons. The van der Waals surface area contributed by atoms with E-state index in [-0.39, 0.29) is 11.6 Å². The summed E-state index contributed by atoms with van der Waals surface area (Å²) in [6.07, 6.45) is 1.39. The van der Waals surface area contributed by atoms with Gasteiger partial charge in [-0.05, 0) is 48.4 Å². The van der Waals surface area contributed by atoms with Gasteiger partial charge in [-0.25, -0.2) is 4.98 Å². The molecule has 0 spiro atoms. The first-order valence-electron chi connectivity index (χ1n) is 8.52. The number of nitriles is 1. The number of hydrogen-bond acceptors (Lipinski definition) is 5. The summed E-state index contributed by atoms with van der Waals surface area (Å²) in [7, 11) is 1.57. The van der Waals surface area contributed by atoms with Crippen molar-refractivity contribution in [1.29, 1.82) is 5.26 Å². The fraction of sp³-hybridized carbons (Fsp3) is 0.250. The van der Waals surface area contributed by atoms with E-state index in [1.165, 1.54) is 0 Å². The summed E-state index contributed by atoms with van der Waals surface area (Å²) in [4.78, 5) is 19.9. The molecule has 1 aromatic heterocycles. The van der Waals surface area contributed by atoms with Gasteiger partial charge in [-0.15, -0.1) is 0 Å². The van der Waals surface area contributed by atoms with E-state index >= 15 is 0 Å². The molecule has 0 saturated carbocycles. The van der Waals surface area contributed by atoms with Crippen LogP contribution < -0.4 is 15.6 Å². The summed E-state index contributed by atoms with van der Waals surface area (Å²) in [6, 6.07) is 13.4. The predicted molar refractivity (Wildman–Crippen MR) is 98.2 cm³/mol. The van der Waals surface area contributed by atoms with Crippen LogP contribution in [0.2, 0.25) is 0 Å². The van der Waals surface area contributed by atoms with E-state index in [0.29, 0.717) is 28.9 Å². The minimum Gasteiger partial charge on any atom is -0.497 e. The van der Waals surface area contributed by atoms with Gasteiger partial charge in [0.1, 0.15) is 11.6 Å². The normalized spacial score (nSPS) is 16.1. The second-order valence-corrected chi connectivity index (χ2v) is 6.34. The Morgan fingerprint density at radius 2 is 2.23 bits per heavy atom. The highest BCUT2D eigenvalue weighted by Crippen LogP contribution is 2.27. The second-order valence-electron chi connectivity index (χ2n) is 6.34. The molecule has 2 N–H and O–H groups in total. The summed E-state index contributed by atoms with van der Waals surface area (Å²) in [5, 5.41) is 13.3. The minimum atomic E-state index is -0.175. The van der Waals surface area contributed by atoms with Crippen molar-refractivity contribution in [2.45, 2.75) is 18.9 Å². The fourth-order valence-corrected chi connectivity index (χ4v) is 3.56. The zero-order chi connectivity index (χ0) is 18.1. The highest BCUT2D eigenvalue weighted by atomic mass is 16.5. The minimum absolute atomic E-state index is 0.0194. The van der Waals surface area contributed by atoms with Crippen molar-refractivity contribution in [3.63, 3.8) is 0 Å². The van der Waals surface area contributed by atoms with Crippen molar-refractivity contribution in [2.75, 3.05) is 13.7 Å². The van der Waals surface area contributed by atoms with Crippen LogP contribution >= 0.6 is 0 Å². The number of ether oxygens (including phenoxy) is 1. The molecule has 6 nitrogen and oxygen atoms in total. The second kappa shape index (κ2) is 6.62. The van der Waals surface area contributed by atoms with Crippen LogP contribution in [0.25, 0.3) is 10.9 Å². The van der Waals surface area contributed by atoms with Crippen molar-refractivity contribution >= 4 is 10.9 Å². The van der Waals surface area contributed by atoms with E-state index in [4.69, 9.17) is 4.74 Å². The number of benzene rings is 2. The Hall–Kier alpha value is -3.17. The van der Waals surface area contributed by atoms with E-state index < -0.39 is 0 Å². The lowest BCUT2D eigenvalue weighted by atomic mass is 9.89. The van der Waals surface area contributed by atoms with Gasteiger partial charge in [0.05, 0.1) is 29.6 Å². The molecule has 4 rings (SSSR count). The monoisotopic (exact) mass is 346 g/mol. The molecule has 1 atom stereocenters. The Labute approximate surface area is 150 Å². The Morgan fingerprint density at radius 3 is 3.04 bits per heavy atom. The number of H-pyrrole nitrogens is 1. The molecule has 0 saturated heterocycles. The van der Waals surface area contributed by atoms with E-state index in [0.717, 1.165) is 29.7 Å². The van der Waals surface area contributed by atoms with Crippen molar-refractivity contribution in [3.05, 3.63) is 69.3 Å². The molecule has 0 amide bonds. The number of rotatable bonds is 3. The van der Waals surface area contributed by atoms with Gasteiger partial charge in [0.2, 0.25) is 0 Å². The van der Waals surface area contributed by atoms with Gasteiger partial charge in [-0.3, -0.25) is 4.79 Å². The highest BCUT2D eigenvalue weighted by Gasteiger charge is 2.23. The average molecular weight is 346 g/mol.